The van der Waals surface area contributed by atoms with Gasteiger partial charge < -0.3 is 5.32 Å². The molecule has 100 valence electrons. The molecule has 7 heteroatoms. The van der Waals surface area contributed by atoms with E-state index < -0.39 is 10.7 Å². The van der Waals surface area contributed by atoms with Gasteiger partial charge in [0, 0.05) is 24.0 Å². The minimum Gasteiger partial charge on any atom is -0.379 e. The molecule has 0 bridgehead atoms. The number of anilines is 1. The normalized spacial score (nSPS) is 12.1. The molecule has 5 nitrogen and oxygen atoms in total. The molecule has 0 spiro atoms. The Balaban J connectivity index is 2.09. The Bertz CT molecular complexity index is 574. The molecule has 2 aromatic rings. The van der Waals surface area contributed by atoms with E-state index in [1.165, 1.54) is 23.5 Å². The quantitative estimate of drug-likeness (QED) is 0.673. The summed E-state index contributed by atoms with van der Waals surface area (Å²) >= 11 is 1.53. The molecule has 0 aliphatic rings. The van der Waals surface area contributed by atoms with Crippen molar-refractivity contribution in [2.24, 2.45) is 0 Å². The number of aromatic nitrogens is 1. The van der Waals surface area contributed by atoms with E-state index in [0.717, 1.165) is 11.1 Å². The summed E-state index contributed by atoms with van der Waals surface area (Å²) in [5, 5.41) is 16.6. The lowest BCUT2D eigenvalue weighted by molar-refractivity contribution is -0.384. The van der Waals surface area contributed by atoms with Crippen molar-refractivity contribution >= 4 is 22.7 Å². The van der Waals surface area contributed by atoms with Gasteiger partial charge in [0.05, 0.1) is 16.0 Å². The number of rotatable bonds is 5. The van der Waals surface area contributed by atoms with Crippen LogP contribution in [0.15, 0.2) is 29.8 Å². The van der Waals surface area contributed by atoms with Gasteiger partial charge in [0.25, 0.3) is 5.69 Å². The van der Waals surface area contributed by atoms with Gasteiger partial charge in [0.2, 0.25) is 0 Å². The van der Waals surface area contributed by atoms with Crippen molar-refractivity contribution in [1.82, 2.24) is 4.98 Å². The first kappa shape index (κ1) is 13.4. The highest BCUT2D eigenvalue weighted by Gasteiger charge is 2.16. The smallest absolute Gasteiger partial charge is 0.295 e. The molecule has 0 amide bonds. The second kappa shape index (κ2) is 5.75. The van der Waals surface area contributed by atoms with E-state index >= 15 is 0 Å². The maximum atomic E-state index is 13.0. The summed E-state index contributed by atoms with van der Waals surface area (Å²) in [6.45, 7) is 2.47. The Labute approximate surface area is 113 Å². The number of nitro benzene ring substituents is 1. The second-order valence-corrected chi connectivity index (χ2v) is 5.00. The number of hydrogen-bond acceptors (Lipinski definition) is 5. The predicted molar refractivity (Wildman–Crippen MR) is 72.1 cm³/mol. The van der Waals surface area contributed by atoms with E-state index in [2.05, 4.69) is 10.3 Å². The fourth-order valence-electron chi connectivity index (χ4n) is 1.63. The van der Waals surface area contributed by atoms with Gasteiger partial charge in [-0.1, -0.05) is 6.92 Å². The minimum atomic E-state index is -0.620. The molecule has 1 heterocycles. The molecule has 19 heavy (non-hydrogen) atoms. The molecule has 0 saturated carbocycles. The molecule has 1 unspecified atom stereocenters. The lowest BCUT2D eigenvalue weighted by Gasteiger charge is -2.11. The van der Waals surface area contributed by atoms with Crippen LogP contribution < -0.4 is 5.32 Å². The van der Waals surface area contributed by atoms with Gasteiger partial charge in [-0.05, 0) is 12.1 Å². The zero-order chi connectivity index (χ0) is 13.8. The van der Waals surface area contributed by atoms with Gasteiger partial charge >= 0.3 is 0 Å². The summed E-state index contributed by atoms with van der Waals surface area (Å²) in [4.78, 5) is 14.4. The van der Waals surface area contributed by atoms with Gasteiger partial charge in [0.1, 0.15) is 11.5 Å². The van der Waals surface area contributed by atoms with Gasteiger partial charge in [-0.15, -0.1) is 11.3 Å². The maximum Gasteiger partial charge on any atom is 0.295 e. The molecular weight excluding hydrogens is 269 g/mol. The topological polar surface area (TPSA) is 68.1 Å². The fourth-order valence-corrected chi connectivity index (χ4v) is 2.33. The van der Waals surface area contributed by atoms with Gasteiger partial charge in [0.15, 0.2) is 0 Å². The Morgan fingerprint density at radius 2 is 2.37 bits per heavy atom. The first-order valence-electron chi connectivity index (χ1n) is 5.65. The third-order valence-corrected chi connectivity index (χ3v) is 3.64. The Morgan fingerprint density at radius 1 is 1.58 bits per heavy atom. The highest BCUT2D eigenvalue weighted by molar-refractivity contribution is 7.09. The van der Waals surface area contributed by atoms with Crippen molar-refractivity contribution in [2.75, 3.05) is 11.9 Å². The average molecular weight is 281 g/mol. The van der Waals surface area contributed by atoms with Crippen molar-refractivity contribution in [1.29, 1.82) is 0 Å². The molecule has 1 aromatic carbocycles. The number of benzene rings is 1. The Morgan fingerprint density at radius 3 is 3.00 bits per heavy atom. The Kier molecular flexibility index (Phi) is 4.06. The number of hydrogen-bond donors (Lipinski definition) is 1. The van der Waals surface area contributed by atoms with Crippen molar-refractivity contribution in [3.8, 4) is 0 Å². The largest absolute Gasteiger partial charge is 0.379 e. The SMILES string of the molecule is CC(CNc1ccc(F)cc1[N+](=O)[O-])c1nccs1. The van der Waals surface area contributed by atoms with Gasteiger partial charge in [-0.25, -0.2) is 9.37 Å². The van der Waals surface area contributed by atoms with Crippen molar-refractivity contribution in [3.05, 3.63) is 50.7 Å². The summed E-state index contributed by atoms with van der Waals surface area (Å²) in [6.07, 6.45) is 1.72. The van der Waals surface area contributed by atoms with Crippen molar-refractivity contribution in [2.45, 2.75) is 12.8 Å². The second-order valence-electron chi connectivity index (χ2n) is 4.07. The van der Waals surface area contributed by atoms with Crippen LogP contribution in [0.4, 0.5) is 15.8 Å². The molecule has 0 radical (unpaired) electrons. The van der Waals surface area contributed by atoms with E-state index in [-0.39, 0.29) is 11.6 Å². The third kappa shape index (κ3) is 3.25. The van der Waals surface area contributed by atoms with E-state index in [0.29, 0.717) is 12.2 Å². The van der Waals surface area contributed by atoms with E-state index in [4.69, 9.17) is 0 Å². The number of nitro groups is 1. The summed E-state index contributed by atoms with van der Waals surface area (Å²) in [6, 6.07) is 3.49. The first-order valence-corrected chi connectivity index (χ1v) is 6.53. The average Bonchev–Trinajstić information content (AvgIpc) is 2.90. The number of nitrogens with zero attached hydrogens (tertiary/aromatic N) is 2. The van der Waals surface area contributed by atoms with Crippen LogP contribution in [0.25, 0.3) is 0 Å². The van der Waals surface area contributed by atoms with Crippen LogP contribution >= 0.6 is 11.3 Å². The summed E-state index contributed by atoms with van der Waals surface area (Å²) < 4.78 is 13.0. The predicted octanol–water partition coefficient (Wildman–Crippen LogP) is 3.41. The van der Waals surface area contributed by atoms with E-state index in [9.17, 15) is 14.5 Å². The maximum absolute atomic E-state index is 13.0. The van der Waals surface area contributed by atoms with Crippen LogP contribution in [0.3, 0.4) is 0 Å². The highest BCUT2D eigenvalue weighted by atomic mass is 32.1. The molecule has 0 aliphatic carbocycles. The summed E-state index contributed by atoms with van der Waals surface area (Å²) in [5.41, 5.74) is 0.0566. The number of nitrogens with one attached hydrogen (secondary N) is 1. The third-order valence-electron chi connectivity index (χ3n) is 2.63. The fraction of sp³-hybridized carbons (Fsp3) is 0.250. The van der Waals surface area contributed by atoms with Crippen LogP contribution in [0.1, 0.15) is 17.8 Å². The number of halogens is 1. The van der Waals surface area contributed by atoms with Gasteiger partial charge in [-0.3, -0.25) is 10.1 Å². The molecule has 1 aromatic heterocycles. The minimum absolute atomic E-state index is 0.129. The molecular formula is C12H12FN3O2S. The molecule has 0 saturated heterocycles. The van der Waals surface area contributed by atoms with Crippen LogP contribution in [-0.4, -0.2) is 16.5 Å². The highest BCUT2D eigenvalue weighted by Crippen LogP contribution is 2.26. The summed E-state index contributed by atoms with van der Waals surface area (Å²) in [7, 11) is 0. The van der Waals surface area contributed by atoms with Crippen molar-refractivity contribution < 1.29 is 9.31 Å². The molecule has 0 fully saturated rings. The molecule has 0 aliphatic heterocycles. The Hall–Kier alpha value is -2.02. The lowest BCUT2D eigenvalue weighted by atomic mass is 10.2. The van der Waals surface area contributed by atoms with Crippen LogP contribution in [0.5, 0.6) is 0 Å². The summed E-state index contributed by atoms with van der Waals surface area (Å²) in [5.74, 6) is -0.491. The van der Waals surface area contributed by atoms with E-state index in [1.807, 2.05) is 12.3 Å². The first-order chi connectivity index (χ1) is 9.08. The zero-order valence-corrected chi connectivity index (χ0v) is 11.0. The van der Waals surface area contributed by atoms with Crippen LogP contribution in [0, 0.1) is 15.9 Å². The monoisotopic (exact) mass is 281 g/mol. The molecule has 2 rings (SSSR count). The molecule has 1 N–H and O–H groups in total. The van der Waals surface area contributed by atoms with Gasteiger partial charge in [-0.2, -0.15) is 0 Å². The lowest BCUT2D eigenvalue weighted by Crippen LogP contribution is -2.11. The molecule has 1 atom stereocenters. The number of thiazole rings is 1. The van der Waals surface area contributed by atoms with E-state index in [1.54, 1.807) is 6.20 Å². The van der Waals surface area contributed by atoms with Crippen LogP contribution in [-0.2, 0) is 0 Å². The van der Waals surface area contributed by atoms with Crippen molar-refractivity contribution in [3.63, 3.8) is 0 Å². The zero-order valence-electron chi connectivity index (χ0n) is 10.2. The van der Waals surface area contributed by atoms with Crippen LogP contribution in [0.2, 0.25) is 0 Å². The standard InChI is InChI=1S/C12H12FN3O2S/c1-8(12-14-4-5-19-12)7-15-10-3-2-9(13)6-11(10)16(17)18/h2-6,8,15H,7H2,1H3.